The molecular weight excluding hydrogens is 290 g/mol. The molecule has 6 heteroatoms. The Labute approximate surface area is 134 Å². The van der Waals surface area contributed by atoms with Crippen LogP contribution in [0.1, 0.15) is 6.42 Å². The van der Waals surface area contributed by atoms with Gasteiger partial charge in [-0.3, -0.25) is 4.79 Å². The molecule has 0 bridgehead atoms. The van der Waals surface area contributed by atoms with Gasteiger partial charge in [-0.25, -0.2) is 0 Å². The predicted octanol–water partition coefficient (Wildman–Crippen LogP) is 3.60. The molecule has 1 saturated heterocycles. The Bertz CT molecular complexity index is 748. The van der Waals surface area contributed by atoms with Gasteiger partial charge in [0, 0.05) is 35.8 Å². The summed E-state index contributed by atoms with van der Waals surface area (Å²) >= 11 is 0. The topological polar surface area (TPSA) is 95.1 Å². The average molecular weight is 307 g/mol. The van der Waals surface area contributed by atoms with Crippen LogP contribution in [0.15, 0.2) is 53.6 Å². The molecule has 0 spiro atoms. The molecule has 23 heavy (non-hydrogen) atoms. The first-order valence-corrected chi connectivity index (χ1v) is 7.44. The van der Waals surface area contributed by atoms with Gasteiger partial charge in [-0.1, -0.05) is 29.4 Å². The molecule has 0 radical (unpaired) electrons. The maximum atomic E-state index is 12.1. The minimum absolute atomic E-state index is 0.0726. The number of carbonyl (C=O) groups is 1. The molecule has 0 aromatic heterocycles. The van der Waals surface area contributed by atoms with Crippen molar-refractivity contribution in [3.05, 3.63) is 59.0 Å². The van der Waals surface area contributed by atoms with Crippen molar-refractivity contribution in [3.8, 4) is 11.1 Å². The number of nitrogen functional groups attached to an aromatic ring is 1. The SMILES string of the molecule is [N-]=[N+]=NCC1CC(=O)N(c2ccc(-c3ccc(N)cc3)cc2)C1. The highest BCUT2D eigenvalue weighted by molar-refractivity contribution is 5.96. The lowest BCUT2D eigenvalue weighted by Gasteiger charge is -2.17. The molecule has 1 fully saturated rings. The minimum Gasteiger partial charge on any atom is -0.399 e. The maximum absolute atomic E-state index is 12.1. The summed E-state index contributed by atoms with van der Waals surface area (Å²) < 4.78 is 0. The van der Waals surface area contributed by atoms with E-state index in [2.05, 4.69) is 10.0 Å². The highest BCUT2D eigenvalue weighted by Crippen LogP contribution is 2.28. The van der Waals surface area contributed by atoms with Gasteiger partial charge in [0.2, 0.25) is 5.91 Å². The summed E-state index contributed by atoms with van der Waals surface area (Å²) in [5.74, 6) is 0.165. The third kappa shape index (κ3) is 3.27. The van der Waals surface area contributed by atoms with E-state index in [1.54, 1.807) is 4.90 Å². The molecule has 116 valence electrons. The second-order valence-corrected chi connectivity index (χ2v) is 5.66. The second-order valence-electron chi connectivity index (χ2n) is 5.66. The number of amides is 1. The Kier molecular flexibility index (Phi) is 4.17. The van der Waals surface area contributed by atoms with Crippen LogP contribution in [0.3, 0.4) is 0 Å². The Hall–Kier alpha value is -2.98. The monoisotopic (exact) mass is 307 g/mol. The van der Waals surface area contributed by atoms with E-state index >= 15 is 0 Å². The van der Waals surface area contributed by atoms with Crippen molar-refractivity contribution in [2.75, 3.05) is 23.7 Å². The van der Waals surface area contributed by atoms with Crippen molar-refractivity contribution < 1.29 is 4.79 Å². The number of carbonyl (C=O) groups excluding carboxylic acids is 1. The average Bonchev–Trinajstić information content (AvgIpc) is 2.95. The lowest BCUT2D eigenvalue weighted by molar-refractivity contribution is -0.117. The van der Waals surface area contributed by atoms with Gasteiger partial charge in [0.15, 0.2) is 0 Å². The van der Waals surface area contributed by atoms with E-state index in [0.717, 1.165) is 22.5 Å². The molecule has 1 atom stereocenters. The summed E-state index contributed by atoms with van der Waals surface area (Å²) in [5.41, 5.74) is 17.8. The first kappa shape index (κ1) is 14.9. The molecule has 0 aliphatic carbocycles. The van der Waals surface area contributed by atoms with Gasteiger partial charge in [-0.05, 0) is 46.8 Å². The van der Waals surface area contributed by atoms with Gasteiger partial charge in [0.1, 0.15) is 0 Å². The fraction of sp³-hybridized carbons (Fsp3) is 0.235. The number of azide groups is 1. The van der Waals surface area contributed by atoms with Crippen LogP contribution in [0, 0.1) is 5.92 Å². The van der Waals surface area contributed by atoms with Crippen LogP contribution < -0.4 is 10.6 Å². The number of hydrogen-bond donors (Lipinski definition) is 1. The van der Waals surface area contributed by atoms with Crippen LogP contribution in [0.5, 0.6) is 0 Å². The van der Waals surface area contributed by atoms with E-state index in [1.807, 2.05) is 48.5 Å². The lowest BCUT2D eigenvalue weighted by Crippen LogP contribution is -2.24. The first-order chi connectivity index (χ1) is 11.2. The van der Waals surface area contributed by atoms with E-state index in [0.29, 0.717) is 19.5 Å². The number of anilines is 2. The number of hydrogen-bond acceptors (Lipinski definition) is 3. The zero-order valence-electron chi connectivity index (χ0n) is 12.6. The van der Waals surface area contributed by atoms with Crippen LogP contribution in [-0.4, -0.2) is 19.0 Å². The van der Waals surface area contributed by atoms with Crippen molar-refractivity contribution in [3.63, 3.8) is 0 Å². The molecule has 0 saturated carbocycles. The van der Waals surface area contributed by atoms with Crippen LogP contribution >= 0.6 is 0 Å². The molecule has 2 aromatic rings. The number of rotatable bonds is 4. The first-order valence-electron chi connectivity index (χ1n) is 7.44. The molecule has 1 aliphatic rings. The third-order valence-corrected chi connectivity index (χ3v) is 4.03. The van der Waals surface area contributed by atoms with Gasteiger partial charge in [0.25, 0.3) is 0 Å². The molecule has 1 aliphatic heterocycles. The third-order valence-electron chi connectivity index (χ3n) is 4.03. The molecule has 2 N–H and O–H groups in total. The normalized spacial score (nSPS) is 17.1. The summed E-state index contributed by atoms with van der Waals surface area (Å²) in [7, 11) is 0. The van der Waals surface area contributed by atoms with Crippen molar-refractivity contribution in [1.29, 1.82) is 0 Å². The maximum Gasteiger partial charge on any atom is 0.227 e. The molecule has 1 unspecified atom stereocenters. The van der Waals surface area contributed by atoms with Gasteiger partial charge < -0.3 is 10.6 Å². The highest BCUT2D eigenvalue weighted by atomic mass is 16.2. The molecule has 6 nitrogen and oxygen atoms in total. The zero-order valence-corrected chi connectivity index (χ0v) is 12.6. The Morgan fingerprint density at radius 2 is 1.74 bits per heavy atom. The predicted molar refractivity (Wildman–Crippen MR) is 90.8 cm³/mol. The van der Waals surface area contributed by atoms with Gasteiger partial charge in [-0.15, -0.1) is 0 Å². The number of nitrogens with two attached hydrogens (primary N) is 1. The Morgan fingerprint density at radius 1 is 1.13 bits per heavy atom. The fourth-order valence-electron chi connectivity index (χ4n) is 2.81. The molecular formula is C17H17N5O. The van der Waals surface area contributed by atoms with Crippen LogP contribution in [0.25, 0.3) is 21.6 Å². The Morgan fingerprint density at radius 3 is 2.35 bits per heavy atom. The van der Waals surface area contributed by atoms with E-state index in [4.69, 9.17) is 11.3 Å². The second kappa shape index (κ2) is 6.42. The van der Waals surface area contributed by atoms with Gasteiger partial charge in [0.05, 0.1) is 0 Å². The van der Waals surface area contributed by atoms with Crippen molar-refractivity contribution >= 4 is 17.3 Å². The number of benzene rings is 2. The molecule has 2 aromatic carbocycles. The van der Waals surface area contributed by atoms with Crippen molar-refractivity contribution in [2.24, 2.45) is 11.0 Å². The van der Waals surface area contributed by atoms with Gasteiger partial charge in [-0.2, -0.15) is 0 Å². The highest BCUT2D eigenvalue weighted by Gasteiger charge is 2.29. The number of nitrogens with zero attached hydrogens (tertiary/aromatic N) is 4. The van der Waals surface area contributed by atoms with E-state index in [9.17, 15) is 4.79 Å². The zero-order chi connectivity index (χ0) is 16.2. The quantitative estimate of drug-likeness (QED) is 0.404. The van der Waals surface area contributed by atoms with Crippen LogP contribution in [-0.2, 0) is 4.79 Å². The minimum atomic E-state index is 0.0726. The van der Waals surface area contributed by atoms with Crippen molar-refractivity contribution in [2.45, 2.75) is 6.42 Å². The standard InChI is InChI=1S/C17H17N5O/c18-15-5-1-13(2-6-15)14-3-7-16(8-4-14)22-11-12(9-17(22)23)10-20-21-19/h1-8,12H,9-11,18H2. The fourth-order valence-corrected chi connectivity index (χ4v) is 2.81. The summed E-state index contributed by atoms with van der Waals surface area (Å²) in [6, 6.07) is 15.6. The van der Waals surface area contributed by atoms with Crippen LogP contribution in [0.4, 0.5) is 11.4 Å². The van der Waals surface area contributed by atoms with E-state index in [1.165, 1.54) is 0 Å². The summed E-state index contributed by atoms with van der Waals surface area (Å²) in [6.45, 7) is 0.960. The summed E-state index contributed by atoms with van der Waals surface area (Å²) in [6.07, 6.45) is 0.429. The molecule has 3 rings (SSSR count). The van der Waals surface area contributed by atoms with Crippen molar-refractivity contribution in [1.82, 2.24) is 0 Å². The summed E-state index contributed by atoms with van der Waals surface area (Å²) in [4.78, 5) is 16.6. The Balaban J connectivity index is 1.76. The largest absolute Gasteiger partial charge is 0.399 e. The van der Waals surface area contributed by atoms with Gasteiger partial charge >= 0.3 is 0 Å². The van der Waals surface area contributed by atoms with Crippen LogP contribution in [0.2, 0.25) is 0 Å². The molecule has 1 amide bonds. The van der Waals surface area contributed by atoms with E-state index < -0.39 is 0 Å². The summed E-state index contributed by atoms with van der Waals surface area (Å²) in [5, 5.41) is 3.57. The molecule has 1 heterocycles. The smallest absolute Gasteiger partial charge is 0.227 e. The van der Waals surface area contributed by atoms with E-state index in [-0.39, 0.29) is 11.8 Å². The lowest BCUT2D eigenvalue weighted by atomic mass is 10.0.